The van der Waals surface area contributed by atoms with Crippen molar-refractivity contribution >= 4 is 10.8 Å². The van der Waals surface area contributed by atoms with Crippen LogP contribution in [0.5, 0.6) is 0 Å². The molecule has 96 valence electrons. The van der Waals surface area contributed by atoms with E-state index in [0.717, 1.165) is 0 Å². The van der Waals surface area contributed by atoms with Crippen molar-refractivity contribution < 1.29 is 13.7 Å². The predicted molar refractivity (Wildman–Crippen MR) is 67.8 cm³/mol. The lowest BCUT2D eigenvalue weighted by Gasteiger charge is -2.14. The first-order chi connectivity index (χ1) is 8.00. The summed E-state index contributed by atoms with van der Waals surface area (Å²) < 4.78 is 24.0. The van der Waals surface area contributed by atoms with Gasteiger partial charge in [-0.1, -0.05) is 12.1 Å². The maximum Gasteiger partial charge on any atom is 0.123 e. The van der Waals surface area contributed by atoms with Gasteiger partial charge in [-0.25, -0.2) is 4.39 Å². The van der Waals surface area contributed by atoms with Crippen LogP contribution in [0.2, 0.25) is 0 Å². The van der Waals surface area contributed by atoms with Gasteiger partial charge in [-0.05, 0) is 24.6 Å². The van der Waals surface area contributed by atoms with E-state index in [1.54, 1.807) is 18.4 Å². The maximum atomic E-state index is 12.9. The van der Waals surface area contributed by atoms with Crippen LogP contribution in [-0.4, -0.2) is 33.9 Å². The van der Waals surface area contributed by atoms with E-state index in [4.69, 9.17) is 0 Å². The second kappa shape index (κ2) is 6.83. The highest BCUT2D eigenvalue weighted by Gasteiger charge is 2.10. The topological polar surface area (TPSA) is 49.3 Å². The fraction of sp³-hybridized carbons (Fsp3) is 0.500. The van der Waals surface area contributed by atoms with Gasteiger partial charge in [0.05, 0.1) is 6.10 Å². The lowest BCUT2D eigenvalue weighted by Crippen LogP contribution is -2.30. The molecular formula is C12H18FNO2S. The van der Waals surface area contributed by atoms with Crippen molar-refractivity contribution in [2.45, 2.75) is 18.3 Å². The molecule has 1 aromatic rings. The number of halogens is 1. The summed E-state index contributed by atoms with van der Waals surface area (Å²) in [5.74, 6) is -0.357. The van der Waals surface area contributed by atoms with Crippen molar-refractivity contribution in [3.05, 3.63) is 35.6 Å². The Bertz CT molecular complexity index is 387. The van der Waals surface area contributed by atoms with Crippen LogP contribution in [0.1, 0.15) is 18.6 Å². The second-order valence-corrected chi connectivity index (χ2v) is 5.84. The SMILES string of the molecule is CC(CNCC(O)c1cccc(F)c1)S(C)=O. The zero-order chi connectivity index (χ0) is 12.8. The Morgan fingerprint density at radius 3 is 2.76 bits per heavy atom. The summed E-state index contributed by atoms with van der Waals surface area (Å²) in [6.45, 7) is 2.76. The molecule has 17 heavy (non-hydrogen) atoms. The Hall–Kier alpha value is -0.780. The van der Waals surface area contributed by atoms with E-state index >= 15 is 0 Å². The molecule has 0 fully saturated rings. The van der Waals surface area contributed by atoms with Crippen molar-refractivity contribution in [2.24, 2.45) is 0 Å². The molecule has 3 nitrogen and oxygen atoms in total. The van der Waals surface area contributed by atoms with Crippen LogP contribution in [-0.2, 0) is 10.8 Å². The monoisotopic (exact) mass is 259 g/mol. The van der Waals surface area contributed by atoms with E-state index < -0.39 is 16.9 Å². The summed E-state index contributed by atoms with van der Waals surface area (Å²) in [5.41, 5.74) is 0.544. The maximum absolute atomic E-state index is 12.9. The molecule has 1 rings (SSSR count). The van der Waals surface area contributed by atoms with Crippen molar-refractivity contribution in [2.75, 3.05) is 19.3 Å². The Morgan fingerprint density at radius 1 is 1.47 bits per heavy atom. The lowest BCUT2D eigenvalue weighted by molar-refractivity contribution is 0.174. The number of aliphatic hydroxyl groups excluding tert-OH is 1. The Kier molecular flexibility index (Phi) is 5.74. The number of hydrogen-bond donors (Lipinski definition) is 2. The van der Waals surface area contributed by atoms with Crippen LogP contribution in [0.4, 0.5) is 4.39 Å². The molecule has 5 heteroatoms. The van der Waals surface area contributed by atoms with E-state index in [1.165, 1.54) is 12.1 Å². The number of nitrogens with one attached hydrogen (secondary N) is 1. The fourth-order valence-electron chi connectivity index (χ4n) is 1.37. The molecular weight excluding hydrogens is 241 g/mol. The van der Waals surface area contributed by atoms with Crippen molar-refractivity contribution in [1.29, 1.82) is 0 Å². The highest BCUT2D eigenvalue weighted by atomic mass is 32.2. The van der Waals surface area contributed by atoms with E-state index in [1.807, 2.05) is 6.92 Å². The van der Waals surface area contributed by atoms with Gasteiger partial charge in [0, 0.05) is 35.4 Å². The molecule has 3 unspecified atom stereocenters. The van der Waals surface area contributed by atoms with Gasteiger partial charge in [0.25, 0.3) is 0 Å². The largest absolute Gasteiger partial charge is 0.387 e. The Morgan fingerprint density at radius 2 is 2.18 bits per heavy atom. The van der Waals surface area contributed by atoms with Gasteiger partial charge in [0.2, 0.25) is 0 Å². The molecule has 0 aliphatic rings. The van der Waals surface area contributed by atoms with E-state index in [2.05, 4.69) is 5.32 Å². The molecule has 3 atom stereocenters. The van der Waals surface area contributed by atoms with Gasteiger partial charge in [-0.3, -0.25) is 4.21 Å². The average molecular weight is 259 g/mol. The second-order valence-electron chi connectivity index (χ2n) is 4.04. The minimum atomic E-state index is -0.877. The van der Waals surface area contributed by atoms with Crippen LogP contribution >= 0.6 is 0 Å². The molecule has 0 saturated carbocycles. The van der Waals surface area contributed by atoms with E-state index in [9.17, 15) is 13.7 Å². The van der Waals surface area contributed by atoms with Crippen molar-refractivity contribution in [1.82, 2.24) is 5.32 Å². The summed E-state index contributed by atoms with van der Waals surface area (Å²) >= 11 is 0. The fourth-order valence-corrected chi connectivity index (χ4v) is 1.72. The zero-order valence-corrected chi connectivity index (χ0v) is 10.8. The van der Waals surface area contributed by atoms with Gasteiger partial charge in [0.1, 0.15) is 5.82 Å². The summed E-state index contributed by atoms with van der Waals surface area (Å²) in [6.07, 6.45) is 0.901. The van der Waals surface area contributed by atoms with Crippen LogP contribution in [0.3, 0.4) is 0 Å². The summed E-state index contributed by atoms with van der Waals surface area (Å²) in [6, 6.07) is 5.90. The molecule has 0 spiro atoms. The van der Waals surface area contributed by atoms with E-state index in [0.29, 0.717) is 18.7 Å². The van der Waals surface area contributed by atoms with Crippen molar-refractivity contribution in [3.8, 4) is 0 Å². The molecule has 1 aromatic carbocycles. The van der Waals surface area contributed by atoms with Crippen molar-refractivity contribution in [3.63, 3.8) is 0 Å². The standard InChI is InChI=1S/C12H18FNO2S/c1-9(17(2)16)7-14-8-12(15)10-4-3-5-11(13)6-10/h3-6,9,12,14-15H,7-8H2,1-2H3. The molecule has 0 heterocycles. The summed E-state index contributed by atoms with van der Waals surface area (Å²) in [5, 5.41) is 12.8. The van der Waals surface area contributed by atoms with Crippen LogP contribution in [0.15, 0.2) is 24.3 Å². The predicted octanol–water partition coefficient (Wildman–Crippen LogP) is 1.22. The lowest BCUT2D eigenvalue weighted by atomic mass is 10.1. The highest BCUT2D eigenvalue weighted by molar-refractivity contribution is 7.84. The third-order valence-corrected chi connectivity index (χ3v) is 3.87. The molecule has 0 saturated heterocycles. The smallest absolute Gasteiger partial charge is 0.123 e. The Labute approximate surface area is 104 Å². The zero-order valence-electron chi connectivity index (χ0n) is 10.0. The molecule has 0 aromatic heterocycles. The van der Waals surface area contributed by atoms with Gasteiger partial charge in [0.15, 0.2) is 0 Å². The molecule has 0 radical (unpaired) electrons. The summed E-state index contributed by atoms with van der Waals surface area (Å²) in [4.78, 5) is 0. The first-order valence-electron chi connectivity index (χ1n) is 5.47. The third kappa shape index (κ3) is 4.93. The first-order valence-corrected chi connectivity index (χ1v) is 7.09. The number of benzene rings is 1. The molecule has 0 aliphatic carbocycles. The number of aliphatic hydroxyl groups is 1. The van der Waals surface area contributed by atoms with E-state index in [-0.39, 0.29) is 11.1 Å². The number of rotatable bonds is 6. The van der Waals surface area contributed by atoms with Gasteiger partial charge < -0.3 is 10.4 Å². The van der Waals surface area contributed by atoms with Crippen LogP contribution < -0.4 is 5.32 Å². The molecule has 0 aliphatic heterocycles. The first kappa shape index (κ1) is 14.3. The summed E-state index contributed by atoms with van der Waals surface area (Å²) in [7, 11) is -0.877. The quantitative estimate of drug-likeness (QED) is 0.807. The average Bonchev–Trinajstić information content (AvgIpc) is 2.28. The molecule has 0 amide bonds. The minimum Gasteiger partial charge on any atom is -0.387 e. The van der Waals surface area contributed by atoms with Gasteiger partial charge >= 0.3 is 0 Å². The highest BCUT2D eigenvalue weighted by Crippen LogP contribution is 2.12. The normalized spacial score (nSPS) is 16.5. The molecule has 0 bridgehead atoms. The van der Waals surface area contributed by atoms with Crippen LogP contribution in [0.25, 0.3) is 0 Å². The molecule has 2 N–H and O–H groups in total. The van der Waals surface area contributed by atoms with Gasteiger partial charge in [-0.2, -0.15) is 0 Å². The third-order valence-electron chi connectivity index (χ3n) is 2.57. The minimum absolute atomic E-state index is 0.0368. The van der Waals surface area contributed by atoms with Crippen LogP contribution in [0, 0.1) is 5.82 Å². The van der Waals surface area contributed by atoms with Gasteiger partial charge in [-0.15, -0.1) is 0 Å². The Balaban J connectivity index is 2.40. The number of hydrogen-bond acceptors (Lipinski definition) is 3.